The number of carbonyl (C=O) groups excluding carboxylic acids is 3. The number of carbonyl (C=O) groups is 3. The molecule has 3 amide bonds. The Morgan fingerprint density at radius 2 is 2.14 bits per heavy atom. The monoisotopic (exact) mass is 301 g/mol. The minimum atomic E-state index is -0.576. The molecule has 1 aromatic heterocycles. The molecule has 1 fully saturated rings. The number of rotatable bonds is 3. The lowest BCUT2D eigenvalue weighted by Gasteiger charge is -2.29. The average molecular weight is 301 g/mol. The second-order valence-electron chi connectivity index (χ2n) is 6.35. The van der Waals surface area contributed by atoms with Gasteiger partial charge in [0, 0.05) is 24.7 Å². The lowest BCUT2D eigenvalue weighted by molar-refractivity contribution is -0.136. The molecule has 1 unspecified atom stereocenters. The molecule has 0 saturated carbocycles. The highest BCUT2D eigenvalue weighted by atomic mass is 16.2. The van der Waals surface area contributed by atoms with Crippen molar-refractivity contribution in [1.29, 1.82) is 0 Å². The van der Waals surface area contributed by atoms with Crippen molar-refractivity contribution in [2.24, 2.45) is 5.92 Å². The summed E-state index contributed by atoms with van der Waals surface area (Å²) in [4.78, 5) is 41.5. The number of pyridine rings is 1. The second-order valence-corrected chi connectivity index (χ2v) is 6.35. The van der Waals surface area contributed by atoms with E-state index < -0.39 is 6.04 Å². The van der Waals surface area contributed by atoms with Gasteiger partial charge in [0.05, 0.1) is 0 Å². The lowest BCUT2D eigenvalue weighted by atomic mass is 10.0. The van der Waals surface area contributed by atoms with Crippen molar-refractivity contribution in [3.05, 3.63) is 29.1 Å². The summed E-state index contributed by atoms with van der Waals surface area (Å²) in [5.41, 5.74) is 2.40. The molecule has 6 nitrogen and oxygen atoms in total. The number of fused-ring (bicyclic) bond motifs is 1. The number of hydrogen-bond donors (Lipinski definition) is 1. The number of nitrogens with one attached hydrogen (secondary N) is 1. The van der Waals surface area contributed by atoms with Crippen LogP contribution >= 0.6 is 0 Å². The molecule has 116 valence electrons. The van der Waals surface area contributed by atoms with Gasteiger partial charge in [0.1, 0.15) is 11.7 Å². The lowest BCUT2D eigenvalue weighted by Crippen LogP contribution is -2.52. The molecule has 1 aromatic rings. The summed E-state index contributed by atoms with van der Waals surface area (Å²) in [5, 5.41) is 2.30. The summed E-state index contributed by atoms with van der Waals surface area (Å²) in [6.45, 7) is 4.65. The third-order valence-electron chi connectivity index (χ3n) is 4.06. The van der Waals surface area contributed by atoms with Gasteiger partial charge in [-0.25, -0.2) is 0 Å². The van der Waals surface area contributed by atoms with Crippen molar-refractivity contribution < 1.29 is 14.4 Å². The molecule has 3 rings (SSSR count). The Kier molecular flexibility index (Phi) is 3.68. The Morgan fingerprint density at radius 1 is 1.36 bits per heavy atom. The predicted octanol–water partition coefficient (Wildman–Crippen LogP) is 1.04. The van der Waals surface area contributed by atoms with E-state index in [2.05, 4.69) is 24.1 Å². The quantitative estimate of drug-likeness (QED) is 0.846. The van der Waals surface area contributed by atoms with Gasteiger partial charge in [0.2, 0.25) is 11.8 Å². The van der Waals surface area contributed by atoms with Crippen LogP contribution in [0.15, 0.2) is 12.3 Å². The van der Waals surface area contributed by atoms with Crippen LogP contribution in [0, 0.1) is 5.92 Å². The van der Waals surface area contributed by atoms with Gasteiger partial charge in [0.25, 0.3) is 5.91 Å². The predicted molar refractivity (Wildman–Crippen MR) is 78.8 cm³/mol. The van der Waals surface area contributed by atoms with E-state index in [4.69, 9.17) is 0 Å². The largest absolute Gasteiger partial charge is 0.321 e. The highest BCUT2D eigenvalue weighted by Crippen LogP contribution is 2.27. The van der Waals surface area contributed by atoms with Crippen LogP contribution in [0.3, 0.4) is 0 Å². The summed E-state index contributed by atoms with van der Waals surface area (Å²) in [6, 6.07) is 1.43. The first-order valence-corrected chi connectivity index (χ1v) is 7.58. The van der Waals surface area contributed by atoms with Crippen LogP contribution in [0.4, 0.5) is 0 Å². The molecule has 6 heteroatoms. The first-order chi connectivity index (χ1) is 10.5. The molecule has 1 N–H and O–H groups in total. The molecular formula is C16H19N3O3. The smallest absolute Gasteiger partial charge is 0.273 e. The highest BCUT2D eigenvalue weighted by Gasteiger charge is 2.39. The number of aromatic nitrogens is 1. The van der Waals surface area contributed by atoms with Crippen molar-refractivity contribution in [1.82, 2.24) is 15.2 Å². The number of hydrogen-bond acceptors (Lipinski definition) is 4. The fraction of sp³-hybridized carbons (Fsp3) is 0.500. The van der Waals surface area contributed by atoms with Crippen LogP contribution < -0.4 is 5.32 Å². The molecule has 0 spiro atoms. The molecule has 1 atom stereocenters. The molecule has 0 aliphatic carbocycles. The van der Waals surface area contributed by atoms with Crippen LogP contribution in [0.2, 0.25) is 0 Å². The fourth-order valence-corrected chi connectivity index (χ4v) is 3.08. The maximum absolute atomic E-state index is 12.5. The van der Waals surface area contributed by atoms with Crippen LogP contribution in [0.5, 0.6) is 0 Å². The van der Waals surface area contributed by atoms with E-state index in [-0.39, 0.29) is 24.1 Å². The maximum Gasteiger partial charge on any atom is 0.273 e. The zero-order chi connectivity index (χ0) is 15.9. The molecule has 0 bridgehead atoms. The van der Waals surface area contributed by atoms with E-state index >= 15 is 0 Å². The van der Waals surface area contributed by atoms with Crippen molar-refractivity contribution in [2.45, 2.75) is 45.7 Å². The van der Waals surface area contributed by atoms with Gasteiger partial charge in [-0.1, -0.05) is 19.9 Å². The van der Waals surface area contributed by atoms with Crippen LogP contribution in [0.25, 0.3) is 0 Å². The second kappa shape index (κ2) is 5.51. The molecule has 0 aromatic carbocycles. The number of piperidine rings is 1. The normalized spacial score (nSPS) is 21.3. The Morgan fingerprint density at radius 3 is 2.82 bits per heavy atom. The third kappa shape index (κ3) is 2.61. The summed E-state index contributed by atoms with van der Waals surface area (Å²) >= 11 is 0. The van der Waals surface area contributed by atoms with Crippen LogP contribution in [-0.4, -0.2) is 33.6 Å². The summed E-state index contributed by atoms with van der Waals surface area (Å²) in [5.74, 6) is -0.369. The van der Waals surface area contributed by atoms with Gasteiger partial charge in [-0.3, -0.25) is 24.7 Å². The van der Waals surface area contributed by atoms with Gasteiger partial charge in [-0.05, 0) is 24.3 Å². The van der Waals surface area contributed by atoms with Gasteiger partial charge in [-0.2, -0.15) is 0 Å². The third-order valence-corrected chi connectivity index (χ3v) is 4.06. The van der Waals surface area contributed by atoms with Gasteiger partial charge >= 0.3 is 0 Å². The highest BCUT2D eigenvalue weighted by molar-refractivity contribution is 6.04. The SMILES string of the molecule is CC(C)Cc1cnc2c(c1)CN(C1CCC(=O)NC1=O)C2=O. The van der Waals surface area contributed by atoms with E-state index in [1.165, 1.54) is 4.90 Å². The molecule has 3 heterocycles. The van der Waals surface area contributed by atoms with E-state index in [0.717, 1.165) is 17.5 Å². The number of amides is 3. The van der Waals surface area contributed by atoms with E-state index in [9.17, 15) is 14.4 Å². The maximum atomic E-state index is 12.5. The van der Waals surface area contributed by atoms with Gasteiger partial charge < -0.3 is 4.90 Å². The van der Waals surface area contributed by atoms with Gasteiger partial charge in [-0.15, -0.1) is 0 Å². The van der Waals surface area contributed by atoms with Crippen LogP contribution in [0.1, 0.15) is 48.3 Å². The molecule has 2 aliphatic heterocycles. The van der Waals surface area contributed by atoms with Crippen LogP contribution in [-0.2, 0) is 22.6 Å². The topological polar surface area (TPSA) is 79.4 Å². The minimum absolute atomic E-state index is 0.222. The van der Waals surface area contributed by atoms with Crippen molar-refractivity contribution >= 4 is 17.7 Å². The molecule has 1 saturated heterocycles. The zero-order valence-corrected chi connectivity index (χ0v) is 12.8. The summed E-state index contributed by atoms with van der Waals surface area (Å²) in [6.07, 6.45) is 3.30. The van der Waals surface area contributed by atoms with Crippen molar-refractivity contribution in [2.75, 3.05) is 0 Å². The molecule has 22 heavy (non-hydrogen) atoms. The standard InChI is InChI=1S/C16H19N3O3/c1-9(2)5-10-6-11-8-19(16(22)14(11)17-7-10)12-3-4-13(20)18-15(12)21/h6-7,9,12H,3-5,8H2,1-2H3,(H,18,20,21). The zero-order valence-electron chi connectivity index (χ0n) is 12.8. The Labute approximate surface area is 128 Å². The average Bonchev–Trinajstić information content (AvgIpc) is 2.75. The van der Waals surface area contributed by atoms with E-state index in [1.54, 1.807) is 6.20 Å². The van der Waals surface area contributed by atoms with E-state index in [1.807, 2.05) is 6.07 Å². The number of nitrogens with zero attached hydrogens (tertiary/aromatic N) is 2. The van der Waals surface area contributed by atoms with E-state index in [0.29, 0.717) is 24.6 Å². The molecule has 2 aliphatic rings. The summed E-state index contributed by atoms with van der Waals surface area (Å²) in [7, 11) is 0. The molecular weight excluding hydrogens is 282 g/mol. The van der Waals surface area contributed by atoms with Gasteiger partial charge in [0.15, 0.2) is 0 Å². The Bertz CT molecular complexity index is 654. The fourth-order valence-electron chi connectivity index (χ4n) is 3.08. The van der Waals surface area contributed by atoms with Crippen molar-refractivity contribution in [3.63, 3.8) is 0 Å². The Hall–Kier alpha value is -2.24. The number of imide groups is 1. The first-order valence-electron chi connectivity index (χ1n) is 7.58. The molecule has 0 radical (unpaired) electrons. The summed E-state index contributed by atoms with van der Waals surface area (Å²) < 4.78 is 0. The Balaban J connectivity index is 1.81. The minimum Gasteiger partial charge on any atom is -0.321 e. The first kappa shape index (κ1) is 14.7. The van der Waals surface area contributed by atoms with Crippen molar-refractivity contribution in [3.8, 4) is 0 Å².